The molecule has 0 aliphatic carbocycles. The number of nitrogens with two attached hydrogens (primary N) is 1. The van der Waals surface area contributed by atoms with Gasteiger partial charge in [0.2, 0.25) is 5.91 Å². The minimum absolute atomic E-state index is 0. The normalized spacial score (nSPS) is 19.7. The summed E-state index contributed by atoms with van der Waals surface area (Å²) < 4.78 is 0. The quantitative estimate of drug-likeness (QED) is 0.721. The van der Waals surface area contributed by atoms with E-state index in [1.807, 2.05) is 11.2 Å². The Labute approximate surface area is 177 Å². The van der Waals surface area contributed by atoms with Gasteiger partial charge in [-0.3, -0.25) is 9.59 Å². The van der Waals surface area contributed by atoms with Crippen LogP contribution in [-0.4, -0.2) is 53.9 Å². The van der Waals surface area contributed by atoms with Crippen LogP contribution in [0.5, 0.6) is 0 Å². The second kappa shape index (κ2) is 10.6. The summed E-state index contributed by atoms with van der Waals surface area (Å²) in [7, 11) is 0. The maximum atomic E-state index is 13.1. The third-order valence-electron chi connectivity index (χ3n) is 4.96. The second-order valence-electron chi connectivity index (χ2n) is 7.43. The summed E-state index contributed by atoms with van der Waals surface area (Å²) in [5, 5.41) is 3.27. The Hall–Kier alpha value is -0.950. The fraction of sp³-hybridized carbons (Fsp3) is 0.579. The van der Waals surface area contributed by atoms with Crippen LogP contribution in [0.15, 0.2) is 24.3 Å². The molecule has 1 aromatic rings. The summed E-state index contributed by atoms with van der Waals surface area (Å²) in [6.45, 7) is 5.39. The number of carbonyl (C=O) groups excluding carboxylic acids is 2. The molecule has 1 heterocycles. The largest absolute Gasteiger partial charge is 0.340 e. The molecule has 3 N–H and O–H groups in total. The molecule has 1 aromatic carbocycles. The van der Waals surface area contributed by atoms with Crippen molar-refractivity contribution >= 4 is 47.6 Å². The number of likely N-dealkylation sites (tertiary alicyclic amines) is 1. The number of benzene rings is 1. The monoisotopic (exact) mass is 433 g/mol. The predicted molar refractivity (Wildman–Crippen MR) is 116 cm³/mol. The summed E-state index contributed by atoms with van der Waals surface area (Å²) in [4.78, 5) is 27.5. The van der Waals surface area contributed by atoms with Crippen molar-refractivity contribution in [1.82, 2.24) is 10.2 Å². The van der Waals surface area contributed by atoms with Gasteiger partial charge >= 0.3 is 0 Å². The highest BCUT2D eigenvalue weighted by Gasteiger charge is 2.37. The molecular weight excluding hydrogens is 405 g/mol. The average molecular weight is 434 g/mol. The molecule has 5 nitrogen and oxygen atoms in total. The summed E-state index contributed by atoms with van der Waals surface area (Å²) in [6, 6.07) is 6.38. The molecular formula is C19H29Cl2N3O2S. The number of halogens is 2. The van der Waals surface area contributed by atoms with Crippen LogP contribution in [0.3, 0.4) is 0 Å². The molecule has 2 rings (SSSR count). The number of hydrogen-bond donors (Lipinski definition) is 2. The molecule has 1 fully saturated rings. The lowest BCUT2D eigenvalue weighted by molar-refractivity contribution is -0.136. The number of nitrogens with one attached hydrogen (secondary N) is 1. The molecule has 2 atom stereocenters. The molecule has 0 bridgehead atoms. The highest BCUT2D eigenvalue weighted by atomic mass is 35.5. The molecule has 0 spiro atoms. The first kappa shape index (κ1) is 24.1. The van der Waals surface area contributed by atoms with Gasteiger partial charge in [-0.05, 0) is 42.4 Å². The smallest absolute Gasteiger partial charge is 0.253 e. The summed E-state index contributed by atoms with van der Waals surface area (Å²) in [6.07, 6.45) is 3.34. The molecule has 8 heteroatoms. The summed E-state index contributed by atoms with van der Waals surface area (Å²) >= 11 is 7.77. The van der Waals surface area contributed by atoms with Crippen molar-refractivity contribution in [3.05, 3.63) is 34.9 Å². The van der Waals surface area contributed by atoms with E-state index in [0.29, 0.717) is 30.1 Å². The van der Waals surface area contributed by atoms with Gasteiger partial charge in [0.25, 0.3) is 5.91 Å². The summed E-state index contributed by atoms with van der Waals surface area (Å²) in [5.41, 5.74) is 6.43. The standard InChI is InChI=1S/C19H28ClN3O2S.ClH/c1-19(2)12-23(10-8-16(19)21)18(25)15(9-11-26-3)22-17(24)13-6-4-5-7-14(13)20;/h4-7,15-16H,8-12,21H2,1-3H3,(H,22,24);1H. The number of piperidine rings is 1. The number of thioether (sulfide) groups is 1. The van der Waals surface area contributed by atoms with Crippen LogP contribution in [0.4, 0.5) is 0 Å². The maximum Gasteiger partial charge on any atom is 0.253 e. The lowest BCUT2D eigenvalue weighted by Crippen LogP contribution is -2.58. The zero-order valence-corrected chi connectivity index (χ0v) is 18.4. The molecule has 1 aliphatic rings. The molecule has 2 unspecified atom stereocenters. The van der Waals surface area contributed by atoms with Gasteiger partial charge in [-0.1, -0.05) is 37.6 Å². The van der Waals surface area contributed by atoms with Gasteiger partial charge in [0, 0.05) is 19.1 Å². The number of amides is 2. The molecule has 2 amide bonds. The third kappa shape index (κ3) is 6.28. The van der Waals surface area contributed by atoms with Gasteiger partial charge in [-0.2, -0.15) is 11.8 Å². The van der Waals surface area contributed by atoms with Crippen molar-refractivity contribution < 1.29 is 9.59 Å². The van der Waals surface area contributed by atoms with Crippen molar-refractivity contribution in [3.63, 3.8) is 0 Å². The number of hydrogen-bond acceptors (Lipinski definition) is 4. The molecule has 27 heavy (non-hydrogen) atoms. The summed E-state index contributed by atoms with van der Waals surface area (Å²) in [5.74, 6) is 0.429. The Bertz CT molecular complexity index is 658. The van der Waals surface area contributed by atoms with Gasteiger partial charge in [0.05, 0.1) is 10.6 Å². The molecule has 1 saturated heterocycles. The van der Waals surface area contributed by atoms with Crippen molar-refractivity contribution in [3.8, 4) is 0 Å². The van der Waals surface area contributed by atoms with Crippen molar-refractivity contribution in [2.45, 2.75) is 38.8 Å². The SMILES string of the molecule is CSCCC(NC(=O)c1ccccc1Cl)C(=O)N1CCC(N)C(C)(C)C1.Cl. The first-order chi connectivity index (χ1) is 12.3. The third-order valence-corrected chi connectivity index (χ3v) is 5.93. The number of rotatable bonds is 6. The van der Waals surface area contributed by atoms with Crippen molar-refractivity contribution in [2.24, 2.45) is 11.1 Å². The van der Waals surface area contributed by atoms with Crippen molar-refractivity contribution in [2.75, 3.05) is 25.1 Å². The topological polar surface area (TPSA) is 75.4 Å². The van der Waals surface area contributed by atoms with E-state index >= 15 is 0 Å². The van der Waals surface area contributed by atoms with Gasteiger partial charge in [0.1, 0.15) is 6.04 Å². The lowest BCUT2D eigenvalue weighted by atomic mass is 9.79. The molecule has 0 aromatic heterocycles. The molecule has 0 radical (unpaired) electrons. The van der Waals surface area contributed by atoms with Crippen LogP contribution < -0.4 is 11.1 Å². The Kier molecular flexibility index (Phi) is 9.42. The Morgan fingerprint density at radius 1 is 1.41 bits per heavy atom. The Morgan fingerprint density at radius 2 is 2.07 bits per heavy atom. The highest BCUT2D eigenvalue weighted by molar-refractivity contribution is 7.98. The van der Waals surface area contributed by atoms with Gasteiger partial charge < -0.3 is 16.0 Å². The fourth-order valence-corrected chi connectivity index (χ4v) is 3.85. The van der Waals surface area contributed by atoms with Crippen molar-refractivity contribution in [1.29, 1.82) is 0 Å². The number of nitrogens with zero attached hydrogens (tertiary/aromatic N) is 1. The van der Waals surface area contributed by atoms with E-state index in [1.54, 1.807) is 36.0 Å². The van der Waals surface area contributed by atoms with E-state index in [4.69, 9.17) is 17.3 Å². The fourth-order valence-electron chi connectivity index (χ4n) is 3.16. The zero-order valence-electron chi connectivity index (χ0n) is 16.0. The second-order valence-corrected chi connectivity index (χ2v) is 8.82. The van der Waals surface area contributed by atoms with Crippen LogP contribution in [0.2, 0.25) is 5.02 Å². The minimum Gasteiger partial charge on any atom is -0.340 e. The predicted octanol–water partition coefficient (Wildman–Crippen LogP) is 3.20. The number of carbonyl (C=O) groups is 2. The van der Waals surface area contributed by atoms with E-state index < -0.39 is 6.04 Å². The first-order valence-electron chi connectivity index (χ1n) is 8.85. The van der Waals surface area contributed by atoms with Crippen LogP contribution in [0, 0.1) is 5.41 Å². The van der Waals surface area contributed by atoms with Gasteiger partial charge in [-0.25, -0.2) is 0 Å². The van der Waals surface area contributed by atoms with E-state index in [1.165, 1.54) is 0 Å². The lowest BCUT2D eigenvalue weighted by Gasteiger charge is -2.43. The van der Waals surface area contributed by atoms with Crippen LogP contribution >= 0.6 is 35.8 Å². The molecule has 152 valence electrons. The van der Waals surface area contributed by atoms with E-state index in [2.05, 4.69) is 19.2 Å². The average Bonchev–Trinajstić information content (AvgIpc) is 2.60. The van der Waals surface area contributed by atoms with Gasteiger partial charge in [-0.15, -0.1) is 12.4 Å². The zero-order chi connectivity index (χ0) is 19.3. The van der Waals surface area contributed by atoms with E-state index in [-0.39, 0.29) is 35.7 Å². The Balaban J connectivity index is 0.00000364. The Morgan fingerprint density at radius 3 is 2.67 bits per heavy atom. The molecule has 1 aliphatic heterocycles. The van der Waals surface area contributed by atoms with E-state index in [0.717, 1.165) is 12.2 Å². The first-order valence-corrected chi connectivity index (χ1v) is 10.6. The van der Waals surface area contributed by atoms with Crippen LogP contribution in [0.1, 0.15) is 37.0 Å². The maximum absolute atomic E-state index is 13.1. The molecule has 0 saturated carbocycles. The van der Waals surface area contributed by atoms with Crippen LogP contribution in [0.25, 0.3) is 0 Å². The highest BCUT2D eigenvalue weighted by Crippen LogP contribution is 2.28. The van der Waals surface area contributed by atoms with Gasteiger partial charge in [0.15, 0.2) is 0 Å². The van der Waals surface area contributed by atoms with Crippen LogP contribution in [-0.2, 0) is 4.79 Å². The van der Waals surface area contributed by atoms with E-state index in [9.17, 15) is 9.59 Å². The minimum atomic E-state index is -0.559.